The van der Waals surface area contributed by atoms with Crippen LogP contribution in [0.5, 0.6) is 0 Å². The molecule has 170 valence electrons. The topological polar surface area (TPSA) is 122 Å². The number of benzene rings is 1. The number of amides is 2. The van der Waals surface area contributed by atoms with E-state index in [4.69, 9.17) is 27.7 Å². The van der Waals surface area contributed by atoms with Crippen molar-refractivity contribution in [1.29, 1.82) is 0 Å². The fourth-order valence-electron chi connectivity index (χ4n) is 3.33. The predicted octanol–water partition coefficient (Wildman–Crippen LogP) is 4.02. The number of nitrogens with one attached hydrogen (secondary N) is 2. The molecule has 1 aromatic carbocycles. The second-order valence-electron chi connectivity index (χ2n) is 7.36. The zero-order valence-corrected chi connectivity index (χ0v) is 18.9. The third kappa shape index (κ3) is 5.94. The van der Waals surface area contributed by atoms with Crippen LogP contribution in [-0.4, -0.2) is 35.0 Å². The lowest BCUT2D eigenvalue weighted by Crippen LogP contribution is -2.28. The molecule has 9 nitrogen and oxygen atoms in total. The molecule has 11 heteroatoms. The van der Waals surface area contributed by atoms with E-state index in [0.717, 1.165) is 5.57 Å². The lowest BCUT2D eigenvalue weighted by atomic mass is 9.93. The highest BCUT2D eigenvalue weighted by molar-refractivity contribution is 6.35. The van der Waals surface area contributed by atoms with Gasteiger partial charge >= 0.3 is 0 Å². The minimum Gasteiger partial charge on any atom is -0.368 e. The zero-order valence-electron chi connectivity index (χ0n) is 17.4. The van der Waals surface area contributed by atoms with Crippen LogP contribution in [0.25, 0.3) is 11.4 Å². The third-order valence-corrected chi connectivity index (χ3v) is 5.37. The van der Waals surface area contributed by atoms with Gasteiger partial charge < -0.3 is 15.2 Å². The Hall–Kier alpha value is -3.30. The van der Waals surface area contributed by atoms with E-state index in [0.29, 0.717) is 59.1 Å². The molecular weight excluding hydrogens is 467 g/mol. The average molecular weight is 487 g/mol. The molecule has 33 heavy (non-hydrogen) atoms. The van der Waals surface area contributed by atoms with Crippen LogP contribution in [0.2, 0.25) is 10.0 Å². The van der Waals surface area contributed by atoms with E-state index in [1.54, 1.807) is 24.3 Å². The van der Waals surface area contributed by atoms with Crippen LogP contribution in [0.3, 0.4) is 0 Å². The Bertz CT molecular complexity index is 1160. The summed E-state index contributed by atoms with van der Waals surface area (Å²) in [5.41, 5.74) is 1.45. The molecule has 0 saturated carbocycles. The number of hydrogen-bond donors (Lipinski definition) is 2. The van der Waals surface area contributed by atoms with Crippen molar-refractivity contribution in [2.75, 3.05) is 13.1 Å². The molecule has 1 aliphatic carbocycles. The number of azo groups is 1. The number of aromatic nitrogens is 2. The van der Waals surface area contributed by atoms with E-state index >= 15 is 0 Å². The minimum atomic E-state index is -0.379. The molecule has 2 aliphatic rings. The van der Waals surface area contributed by atoms with Crippen molar-refractivity contribution < 1.29 is 14.1 Å². The van der Waals surface area contributed by atoms with E-state index < -0.39 is 0 Å². The molecule has 2 N–H and O–H groups in total. The Balaban J connectivity index is 1.18. The van der Waals surface area contributed by atoms with Crippen molar-refractivity contribution in [2.45, 2.75) is 19.3 Å². The van der Waals surface area contributed by atoms with Crippen LogP contribution < -0.4 is 10.6 Å². The highest BCUT2D eigenvalue weighted by Gasteiger charge is 2.26. The van der Waals surface area contributed by atoms with E-state index in [-0.39, 0.29) is 24.2 Å². The van der Waals surface area contributed by atoms with Gasteiger partial charge in [-0.2, -0.15) is 4.98 Å². The van der Waals surface area contributed by atoms with Crippen LogP contribution in [0.4, 0.5) is 0 Å². The van der Waals surface area contributed by atoms with Crippen molar-refractivity contribution in [2.24, 2.45) is 16.1 Å². The molecule has 0 radical (unpaired) electrons. The third-order valence-electron chi connectivity index (χ3n) is 4.94. The molecule has 1 aromatic heterocycles. The summed E-state index contributed by atoms with van der Waals surface area (Å²) in [5, 5.41) is 18.5. The highest BCUT2D eigenvalue weighted by atomic mass is 35.5. The van der Waals surface area contributed by atoms with Crippen molar-refractivity contribution in [3.8, 4) is 11.4 Å². The Morgan fingerprint density at radius 3 is 2.73 bits per heavy atom. The fraction of sp³-hybridized carbons (Fsp3) is 0.273. The largest absolute Gasteiger partial charge is 0.368 e. The van der Waals surface area contributed by atoms with Gasteiger partial charge in [0.25, 0.3) is 5.91 Å². The number of nitrogens with zero attached hydrogens (tertiary/aromatic N) is 4. The molecule has 1 unspecified atom stereocenters. The SMILES string of the molecule is O=C(CCc1nc(-c2cc(Cl)cc(Cl)c2)no1)NCCCNC1=C2C=CC=CC2C(=O)N=N1. The van der Waals surface area contributed by atoms with Crippen molar-refractivity contribution in [3.05, 3.63) is 69.8 Å². The van der Waals surface area contributed by atoms with Gasteiger partial charge in [-0.1, -0.05) is 52.7 Å². The molecule has 2 amide bonds. The van der Waals surface area contributed by atoms with Gasteiger partial charge in [0.1, 0.15) is 0 Å². The first-order valence-electron chi connectivity index (χ1n) is 10.3. The molecule has 0 fully saturated rings. The van der Waals surface area contributed by atoms with Crippen LogP contribution in [-0.2, 0) is 16.0 Å². The lowest BCUT2D eigenvalue weighted by molar-refractivity contribution is -0.121. The maximum Gasteiger partial charge on any atom is 0.276 e. The van der Waals surface area contributed by atoms with E-state index in [1.807, 2.05) is 18.2 Å². The van der Waals surface area contributed by atoms with Gasteiger partial charge in [0.15, 0.2) is 5.82 Å². The summed E-state index contributed by atoms with van der Waals surface area (Å²) >= 11 is 12.0. The average Bonchev–Trinajstić information content (AvgIpc) is 3.28. The summed E-state index contributed by atoms with van der Waals surface area (Å²) in [7, 11) is 0. The number of halogens is 2. The standard InChI is InChI=1S/C22H20Cl2N6O3/c23-14-10-13(11-15(24)12-14)20-27-19(33-30-20)7-6-18(31)25-8-3-9-26-21-16-4-1-2-5-17(16)22(32)29-28-21/h1-2,4-5,10-12,17,26H,3,6-9H2,(H,25,31). The minimum absolute atomic E-state index is 0.119. The van der Waals surface area contributed by atoms with Crippen LogP contribution in [0.15, 0.2) is 68.6 Å². The maximum atomic E-state index is 12.1. The summed E-state index contributed by atoms with van der Waals surface area (Å²) in [4.78, 5) is 28.2. The first-order valence-corrected chi connectivity index (χ1v) is 11.1. The molecule has 2 heterocycles. The Labute approximate surface area is 199 Å². The Kier molecular flexibility index (Phi) is 7.31. The van der Waals surface area contributed by atoms with Crippen molar-refractivity contribution in [3.63, 3.8) is 0 Å². The van der Waals surface area contributed by atoms with Crippen LogP contribution >= 0.6 is 23.2 Å². The Morgan fingerprint density at radius 1 is 1.09 bits per heavy atom. The monoisotopic (exact) mass is 486 g/mol. The number of aryl methyl sites for hydroxylation is 1. The summed E-state index contributed by atoms with van der Waals surface area (Å²) in [5.74, 6) is 0.533. The zero-order chi connectivity index (χ0) is 23.2. The number of allylic oxidation sites excluding steroid dienone is 3. The second kappa shape index (κ2) is 10.5. The van der Waals surface area contributed by atoms with Gasteiger partial charge in [0.05, 0.1) is 5.92 Å². The second-order valence-corrected chi connectivity index (χ2v) is 8.24. The number of carbonyl (C=O) groups is 2. The summed E-state index contributed by atoms with van der Waals surface area (Å²) in [6.07, 6.45) is 8.55. The molecule has 4 rings (SSSR count). The Morgan fingerprint density at radius 2 is 1.91 bits per heavy atom. The predicted molar refractivity (Wildman–Crippen MR) is 122 cm³/mol. The molecule has 1 aliphatic heterocycles. The van der Waals surface area contributed by atoms with Gasteiger partial charge in [0, 0.05) is 47.1 Å². The summed E-state index contributed by atoms with van der Waals surface area (Å²) in [6.45, 7) is 1.06. The van der Waals surface area contributed by atoms with Gasteiger partial charge in [-0.3, -0.25) is 9.59 Å². The maximum absolute atomic E-state index is 12.1. The molecule has 0 bridgehead atoms. The van der Waals surface area contributed by atoms with Gasteiger partial charge in [-0.25, -0.2) is 0 Å². The molecule has 2 aromatic rings. The summed E-state index contributed by atoms with van der Waals surface area (Å²) < 4.78 is 5.21. The fourth-order valence-corrected chi connectivity index (χ4v) is 3.85. The lowest BCUT2D eigenvalue weighted by Gasteiger charge is -2.20. The molecule has 0 saturated heterocycles. The quantitative estimate of drug-likeness (QED) is 0.516. The first kappa shape index (κ1) is 22.9. The van der Waals surface area contributed by atoms with E-state index in [9.17, 15) is 9.59 Å². The van der Waals surface area contributed by atoms with Gasteiger partial charge in [0.2, 0.25) is 17.6 Å². The van der Waals surface area contributed by atoms with Crippen LogP contribution in [0.1, 0.15) is 18.7 Å². The van der Waals surface area contributed by atoms with Crippen molar-refractivity contribution >= 4 is 35.0 Å². The van der Waals surface area contributed by atoms with E-state index in [1.165, 1.54) is 0 Å². The summed E-state index contributed by atoms with van der Waals surface area (Å²) in [6, 6.07) is 4.99. The smallest absolute Gasteiger partial charge is 0.276 e. The van der Waals surface area contributed by atoms with Crippen molar-refractivity contribution in [1.82, 2.24) is 20.8 Å². The number of rotatable bonds is 9. The number of hydrogen-bond acceptors (Lipinski definition) is 7. The first-order chi connectivity index (χ1) is 16.0. The van der Waals surface area contributed by atoms with Crippen LogP contribution in [0, 0.1) is 5.92 Å². The normalized spacial score (nSPS) is 16.8. The highest BCUT2D eigenvalue weighted by Crippen LogP contribution is 2.27. The number of carbonyl (C=O) groups excluding carboxylic acids is 2. The van der Waals surface area contributed by atoms with Gasteiger partial charge in [-0.05, 0) is 24.6 Å². The molecular formula is C22H20Cl2N6O3. The molecule has 0 spiro atoms. The molecule has 1 atom stereocenters. The van der Waals surface area contributed by atoms with E-state index in [2.05, 4.69) is 31.0 Å². The van der Waals surface area contributed by atoms with Gasteiger partial charge in [-0.15, -0.1) is 10.2 Å². The number of fused-ring (bicyclic) bond motifs is 1.